The van der Waals surface area contributed by atoms with Gasteiger partial charge in [-0.15, -0.1) is 12.4 Å². The molecule has 2 amide bonds. The van der Waals surface area contributed by atoms with Crippen LogP contribution in [0.4, 0.5) is 11.4 Å². The Balaban J connectivity index is 0.00000261. The van der Waals surface area contributed by atoms with Crippen LogP contribution in [0.2, 0.25) is 0 Å². The highest BCUT2D eigenvalue weighted by molar-refractivity contribution is 5.92. The first-order valence-electron chi connectivity index (χ1n) is 8.69. The molecule has 0 aromatic heterocycles. The molecule has 0 aliphatic carbocycles. The van der Waals surface area contributed by atoms with Crippen molar-refractivity contribution < 1.29 is 14.3 Å². The zero-order chi connectivity index (χ0) is 18.4. The summed E-state index contributed by atoms with van der Waals surface area (Å²) in [6.07, 6.45) is 0.650. The fourth-order valence-corrected chi connectivity index (χ4v) is 2.83. The third kappa shape index (κ3) is 6.27. The maximum atomic E-state index is 12.2. The smallest absolute Gasteiger partial charge is 0.228 e. The van der Waals surface area contributed by atoms with Gasteiger partial charge in [0.05, 0.1) is 26.1 Å². The Morgan fingerprint density at radius 3 is 2.11 bits per heavy atom. The molecule has 0 spiro atoms. The van der Waals surface area contributed by atoms with Crippen LogP contribution in [0.1, 0.15) is 11.1 Å². The van der Waals surface area contributed by atoms with E-state index in [1.54, 1.807) is 12.1 Å². The summed E-state index contributed by atoms with van der Waals surface area (Å²) < 4.78 is 5.26. The van der Waals surface area contributed by atoms with Crippen molar-refractivity contribution >= 4 is 35.6 Å². The first kappa shape index (κ1) is 20.7. The number of benzene rings is 2. The van der Waals surface area contributed by atoms with E-state index in [4.69, 9.17) is 10.5 Å². The zero-order valence-corrected chi connectivity index (χ0v) is 15.8. The molecule has 27 heavy (non-hydrogen) atoms. The lowest BCUT2D eigenvalue weighted by atomic mass is 10.1. The first-order chi connectivity index (χ1) is 12.6. The highest BCUT2D eigenvalue weighted by Gasteiger charge is 2.16. The van der Waals surface area contributed by atoms with Crippen LogP contribution in [0.25, 0.3) is 0 Å². The summed E-state index contributed by atoms with van der Waals surface area (Å²) >= 11 is 0. The van der Waals surface area contributed by atoms with Crippen molar-refractivity contribution in [2.75, 3.05) is 37.4 Å². The second-order valence-electron chi connectivity index (χ2n) is 6.33. The molecule has 1 fully saturated rings. The number of halogens is 1. The van der Waals surface area contributed by atoms with Crippen molar-refractivity contribution in [2.45, 2.75) is 12.8 Å². The molecule has 2 aromatic carbocycles. The number of carbonyl (C=O) groups excluding carboxylic acids is 2. The molecule has 0 unspecified atom stereocenters. The molecule has 3 N–H and O–H groups in total. The Labute approximate surface area is 165 Å². The summed E-state index contributed by atoms with van der Waals surface area (Å²) in [7, 11) is 0. The predicted octanol–water partition coefficient (Wildman–Crippen LogP) is 2.27. The van der Waals surface area contributed by atoms with E-state index < -0.39 is 0 Å². The highest BCUT2D eigenvalue weighted by atomic mass is 35.5. The van der Waals surface area contributed by atoms with Crippen LogP contribution in [0.3, 0.4) is 0 Å². The molecule has 0 atom stereocenters. The molecule has 6 nitrogen and oxygen atoms in total. The average Bonchev–Trinajstić information content (AvgIpc) is 2.66. The van der Waals surface area contributed by atoms with E-state index in [2.05, 4.69) is 5.32 Å². The van der Waals surface area contributed by atoms with Gasteiger partial charge in [0.25, 0.3) is 0 Å². The average molecular weight is 390 g/mol. The van der Waals surface area contributed by atoms with Gasteiger partial charge in [-0.05, 0) is 35.4 Å². The molecule has 1 aliphatic rings. The fourth-order valence-electron chi connectivity index (χ4n) is 2.83. The van der Waals surface area contributed by atoms with Crippen molar-refractivity contribution in [1.82, 2.24) is 4.90 Å². The fraction of sp³-hybridized carbons (Fsp3) is 0.300. The Bertz CT molecular complexity index is 757. The summed E-state index contributed by atoms with van der Waals surface area (Å²) in [5.41, 5.74) is 8.87. The number of nitrogens with two attached hydrogens (primary N) is 1. The van der Waals surface area contributed by atoms with Gasteiger partial charge in [0.2, 0.25) is 11.8 Å². The van der Waals surface area contributed by atoms with E-state index in [0.717, 1.165) is 11.1 Å². The van der Waals surface area contributed by atoms with Gasteiger partial charge in [0, 0.05) is 24.5 Å². The molecular formula is C20H24ClN3O3. The third-order valence-corrected chi connectivity index (χ3v) is 4.30. The van der Waals surface area contributed by atoms with E-state index >= 15 is 0 Å². The monoisotopic (exact) mass is 389 g/mol. The van der Waals surface area contributed by atoms with Crippen molar-refractivity contribution in [3.05, 3.63) is 59.7 Å². The molecule has 7 heteroatoms. The number of amides is 2. The van der Waals surface area contributed by atoms with E-state index in [-0.39, 0.29) is 30.6 Å². The van der Waals surface area contributed by atoms with E-state index in [1.165, 1.54) is 0 Å². The third-order valence-electron chi connectivity index (χ3n) is 4.30. The van der Waals surface area contributed by atoms with E-state index in [1.807, 2.05) is 41.3 Å². The minimum atomic E-state index is -0.0908. The van der Waals surface area contributed by atoms with Crippen LogP contribution in [-0.4, -0.2) is 43.0 Å². The molecule has 0 bridgehead atoms. The summed E-state index contributed by atoms with van der Waals surface area (Å²) in [4.78, 5) is 26.2. The topological polar surface area (TPSA) is 84.7 Å². The van der Waals surface area contributed by atoms with E-state index in [0.29, 0.717) is 44.1 Å². The molecule has 0 saturated carbocycles. The maximum Gasteiger partial charge on any atom is 0.228 e. The van der Waals surface area contributed by atoms with Gasteiger partial charge in [-0.25, -0.2) is 0 Å². The molecule has 2 aromatic rings. The lowest BCUT2D eigenvalue weighted by Crippen LogP contribution is -2.41. The minimum absolute atomic E-state index is 0. The number of anilines is 2. The van der Waals surface area contributed by atoms with Crippen LogP contribution in [-0.2, 0) is 27.2 Å². The first-order valence-corrected chi connectivity index (χ1v) is 8.69. The number of nitrogen functional groups attached to an aromatic ring is 1. The molecule has 1 heterocycles. The van der Waals surface area contributed by atoms with Crippen molar-refractivity contribution in [3.8, 4) is 0 Å². The Morgan fingerprint density at radius 1 is 0.926 bits per heavy atom. The molecule has 144 valence electrons. The van der Waals surface area contributed by atoms with Gasteiger partial charge >= 0.3 is 0 Å². The maximum absolute atomic E-state index is 12.2. The normalized spacial score (nSPS) is 13.6. The lowest BCUT2D eigenvalue weighted by Gasteiger charge is -2.26. The van der Waals surface area contributed by atoms with Crippen molar-refractivity contribution in [2.24, 2.45) is 0 Å². The van der Waals surface area contributed by atoms with Crippen molar-refractivity contribution in [3.63, 3.8) is 0 Å². The number of ether oxygens (including phenoxy) is 1. The van der Waals surface area contributed by atoms with E-state index in [9.17, 15) is 9.59 Å². The van der Waals surface area contributed by atoms with Gasteiger partial charge < -0.3 is 20.7 Å². The van der Waals surface area contributed by atoms with Crippen LogP contribution < -0.4 is 11.1 Å². The number of hydrogen-bond acceptors (Lipinski definition) is 4. The predicted molar refractivity (Wildman–Crippen MR) is 108 cm³/mol. The van der Waals surface area contributed by atoms with Gasteiger partial charge in [-0.3, -0.25) is 9.59 Å². The Kier molecular flexibility index (Phi) is 7.64. The number of nitrogens with zero attached hydrogens (tertiary/aromatic N) is 1. The molecular weight excluding hydrogens is 366 g/mol. The van der Waals surface area contributed by atoms with Crippen LogP contribution in [0.15, 0.2) is 48.5 Å². The second kappa shape index (κ2) is 9.94. The van der Waals surface area contributed by atoms with Crippen LogP contribution in [0.5, 0.6) is 0 Å². The van der Waals surface area contributed by atoms with Crippen LogP contribution >= 0.6 is 12.4 Å². The van der Waals surface area contributed by atoms with Crippen molar-refractivity contribution in [1.29, 1.82) is 0 Å². The molecule has 3 rings (SSSR count). The van der Waals surface area contributed by atoms with Gasteiger partial charge in [0.1, 0.15) is 0 Å². The van der Waals surface area contributed by atoms with Gasteiger partial charge in [0.15, 0.2) is 0 Å². The number of hydrogen-bond donors (Lipinski definition) is 2. The summed E-state index contributed by atoms with van der Waals surface area (Å²) in [5.74, 6) is 0.0142. The second-order valence-corrected chi connectivity index (χ2v) is 6.33. The zero-order valence-electron chi connectivity index (χ0n) is 15.0. The van der Waals surface area contributed by atoms with Crippen LogP contribution in [0, 0.1) is 0 Å². The molecule has 1 aliphatic heterocycles. The number of rotatable bonds is 5. The minimum Gasteiger partial charge on any atom is -0.399 e. The van der Waals surface area contributed by atoms with Gasteiger partial charge in [-0.2, -0.15) is 0 Å². The number of morpholine rings is 1. The summed E-state index contributed by atoms with van der Waals surface area (Å²) in [6.45, 7) is 2.51. The standard InChI is InChI=1S/C20H23N3O3.ClH/c21-17-5-1-15(2-6-17)13-19(24)22-18-7-3-16(4-8-18)14-20(25)23-9-11-26-12-10-23;/h1-8H,9-14,21H2,(H,22,24);1H. The lowest BCUT2D eigenvalue weighted by molar-refractivity contribution is -0.134. The summed E-state index contributed by atoms with van der Waals surface area (Å²) in [6, 6.07) is 14.6. The Morgan fingerprint density at radius 2 is 1.48 bits per heavy atom. The number of nitrogens with one attached hydrogen (secondary N) is 1. The largest absolute Gasteiger partial charge is 0.399 e. The van der Waals surface area contributed by atoms with Gasteiger partial charge in [-0.1, -0.05) is 24.3 Å². The SMILES string of the molecule is Cl.Nc1ccc(CC(=O)Nc2ccc(CC(=O)N3CCOCC3)cc2)cc1. The molecule has 0 radical (unpaired) electrons. The molecule has 1 saturated heterocycles. The summed E-state index contributed by atoms with van der Waals surface area (Å²) in [5, 5.41) is 2.87. The Hall–Kier alpha value is -2.57. The highest BCUT2D eigenvalue weighted by Crippen LogP contribution is 2.13. The number of carbonyl (C=O) groups is 2. The quantitative estimate of drug-likeness (QED) is 0.768.